The number of benzene rings is 1. The van der Waals surface area contributed by atoms with Crippen molar-refractivity contribution in [2.24, 2.45) is 0 Å². The molecule has 1 aromatic rings. The molecule has 0 bridgehead atoms. The van der Waals surface area contributed by atoms with Crippen LogP contribution in [0.2, 0.25) is 0 Å². The van der Waals surface area contributed by atoms with Gasteiger partial charge in [0, 0.05) is 13.2 Å². The molecule has 1 atom stereocenters. The molecule has 0 spiro atoms. The quantitative estimate of drug-likeness (QED) is 0.811. The molecule has 0 radical (unpaired) electrons. The van der Waals surface area contributed by atoms with Crippen molar-refractivity contribution in [3.8, 4) is 5.75 Å². The molecule has 2 amide bonds. The van der Waals surface area contributed by atoms with E-state index < -0.39 is 0 Å². The van der Waals surface area contributed by atoms with E-state index in [4.69, 9.17) is 9.47 Å². The summed E-state index contributed by atoms with van der Waals surface area (Å²) in [7, 11) is 0. The topological polar surface area (TPSA) is 59.6 Å². The van der Waals surface area contributed by atoms with Crippen molar-refractivity contribution < 1.29 is 14.3 Å². The minimum atomic E-state index is -0.231. The highest BCUT2D eigenvalue weighted by Gasteiger charge is 2.15. The lowest BCUT2D eigenvalue weighted by Crippen LogP contribution is -2.41. The van der Waals surface area contributed by atoms with E-state index in [2.05, 4.69) is 10.6 Å². The van der Waals surface area contributed by atoms with Gasteiger partial charge in [0.1, 0.15) is 5.75 Å². The second-order valence-corrected chi connectivity index (χ2v) is 5.08. The standard InChI is InChI=1S/C15H22N2O3/c1-11-5-6-14(12(2)8-11)20-10-17-15(18)16-9-13-4-3-7-19-13/h5-6,8,13H,3-4,7,9-10H2,1-2H3,(H2,16,17,18). The van der Waals surface area contributed by atoms with E-state index in [-0.39, 0.29) is 18.9 Å². The third kappa shape index (κ3) is 4.42. The van der Waals surface area contributed by atoms with Crippen LogP contribution in [0.1, 0.15) is 24.0 Å². The van der Waals surface area contributed by atoms with Gasteiger partial charge in [-0.15, -0.1) is 0 Å². The lowest BCUT2D eigenvalue weighted by molar-refractivity contribution is 0.111. The maximum absolute atomic E-state index is 11.6. The molecule has 5 heteroatoms. The fraction of sp³-hybridized carbons (Fsp3) is 0.533. The van der Waals surface area contributed by atoms with E-state index in [0.717, 1.165) is 30.8 Å². The zero-order valence-corrected chi connectivity index (χ0v) is 12.1. The molecular formula is C15H22N2O3. The Labute approximate surface area is 119 Å². The lowest BCUT2D eigenvalue weighted by atomic mass is 10.1. The van der Waals surface area contributed by atoms with E-state index in [0.29, 0.717) is 6.54 Å². The van der Waals surface area contributed by atoms with Crippen molar-refractivity contribution in [1.29, 1.82) is 0 Å². The third-order valence-corrected chi connectivity index (χ3v) is 3.31. The first kappa shape index (κ1) is 14.7. The maximum Gasteiger partial charge on any atom is 0.317 e. The Kier molecular flexibility index (Phi) is 5.24. The predicted octanol–water partition coefficient (Wildman–Crippen LogP) is 2.12. The van der Waals surface area contributed by atoms with Crippen LogP contribution in [0, 0.1) is 13.8 Å². The molecule has 0 saturated carbocycles. The minimum absolute atomic E-state index is 0.154. The molecule has 1 fully saturated rings. The van der Waals surface area contributed by atoms with Gasteiger partial charge < -0.3 is 20.1 Å². The monoisotopic (exact) mass is 278 g/mol. The Balaban J connectivity index is 1.65. The minimum Gasteiger partial charge on any atom is -0.473 e. The van der Waals surface area contributed by atoms with Gasteiger partial charge in [-0.05, 0) is 38.3 Å². The van der Waals surface area contributed by atoms with Gasteiger partial charge in [-0.1, -0.05) is 17.7 Å². The molecule has 1 aliphatic heterocycles. The Morgan fingerprint density at radius 3 is 2.95 bits per heavy atom. The molecule has 20 heavy (non-hydrogen) atoms. The molecule has 110 valence electrons. The first-order valence-electron chi connectivity index (χ1n) is 6.98. The molecular weight excluding hydrogens is 256 g/mol. The normalized spacial score (nSPS) is 17.8. The van der Waals surface area contributed by atoms with Crippen LogP contribution >= 0.6 is 0 Å². The summed E-state index contributed by atoms with van der Waals surface area (Å²) in [5.41, 5.74) is 2.25. The van der Waals surface area contributed by atoms with Gasteiger partial charge in [-0.3, -0.25) is 0 Å². The summed E-state index contributed by atoms with van der Waals surface area (Å²) in [4.78, 5) is 11.6. The zero-order valence-electron chi connectivity index (χ0n) is 12.1. The Bertz CT molecular complexity index is 456. The number of amides is 2. The van der Waals surface area contributed by atoms with E-state index in [1.807, 2.05) is 32.0 Å². The maximum atomic E-state index is 11.6. The van der Waals surface area contributed by atoms with E-state index >= 15 is 0 Å². The fourth-order valence-electron chi connectivity index (χ4n) is 2.22. The number of nitrogens with one attached hydrogen (secondary N) is 2. The van der Waals surface area contributed by atoms with Gasteiger partial charge in [0.05, 0.1) is 6.10 Å². The summed E-state index contributed by atoms with van der Waals surface area (Å²) in [6, 6.07) is 5.72. The highest BCUT2D eigenvalue weighted by Crippen LogP contribution is 2.18. The smallest absolute Gasteiger partial charge is 0.317 e. The van der Waals surface area contributed by atoms with E-state index in [1.165, 1.54) is 5.56 Å². The largest absolute Gasteiger partial charge is 0.473 e. The number of ether oxygens (including phenoxy) is 2. The number of carbonyl (C=O) groups excluding carboxylic acids is 1. The van der Waals surface area contributed by atoms with Gasteiger partial charge in [-0.25, -0.2) is 4.79 Å². The molecule has 1 heterocycles. The second-order valence-electron chi connectivity index (χ2n) is 5.08. The molecule has 2 N–H and O–H groups in total. The summed E-state index contributed by atoms with van der Waals surface area (Å²) < 4.78 is 11.0. The number of rotatable bonds is 5. The molecule has 0 aliphatic carbocycles. The van der Waals surface area contributed by atoms with Crippen LogP contribution in [0.5, 0.6) is 5.75 Å². The highest BCUT2D eigenvalue weighted by atomic mass is 16.5. The van der Waals surface area contributed by atoms with Crippen molar-refractivity contribution >= 4 is 6.03 Å². The zero-order chi connectivity index (χ0) is 14.4. The summed E-state index contributed by atoms with van der Waals surface area (Å²) in [5, 5.41) is 5.45. The predicted molar refractivity (Wildman–Crippen MR) is 76.9 cm³/mol. The van der Waals surface area contributed by atoms with Crippen molar-refractivity contribution in [3.05, 3.63) is 29.3 Å². The van der Waals surface area contributed by atoms with Crippen LogP contribution < -0.4 is 15.4 Å². The number of aryl methyl sites for hydroxylation is 2. The van der Waals surface area contributed by atoms with Crippen LogP contribution in [0.25, 0.3) is 0 Å². The van der Waals surface area contributed by atoms with Crippen LogP contribution in [-0.2, 0) is 4.74 Å². The third-order valence-electron chi connectivity index (χ3n) is 3.31. The Hall–Kier alpha value is -1.75. The Morgan fingerprint density at radius 2 is 2.25 bits per heavy atom. The first-order chi connectivity index (χ1) is 9.65. The average Bonchev–Trinajstić information content (AvgIpc) is 2.92. The van der Waals surface area contributed by atoms with E-state index in [1.54, 1.807) is 0 Å². The van der Waals surface area contributed by atoms with Crippen LogP contribution in [-0.4, -0.2) is 32.0 Å². The molecule has 1 aliphatic rings. The fourth-order valence-corrected chi connectivity index (χ4v) is 2.22. The average molecular weight is 278 g/mol. The molecule has 1 unspecified atom stereocenters. The first-order valence-corrected chi connectivity index (χ1v) is 6.98. The summed E-state index contributed by atoms with van der Waals surface area (Å²) in [6.45, 7) is 5.52. The van der Waals surface area contributed by atoms with Gasteiger partial charge in [0.15, 0.2) is 6.73 Å². The Morgan fingerprint density at radius 1 is 1.40 bits per heavy atom. The lowest BCUT2D eigenvalue weighted by Gasteiger charge is -2.13. The van der Waals surface area contributed by atoms with Gasteiger partial charge in [-0.2, -0.15) is 0 Å². The van der Waals surface area contributed by atoms with E-state index in [9.17, 15) is 4.79 Å². The van der Waals surface area contributed by atoms with Crippen molar-refractivity contribution in [1.82, 2.24) is 10.6 Å². The summed E-state index contributed by atoms with van der Waals surface area (Å²) in [5.74, 6) is 0.787. The number of hydrogen-bond donors (Lipinski definition) is 2. The van der Waals surface area contributed by atoms with Crippen molar-refractivity contribution in [2.75, 3.05) is 19.9 Å². The SMILES string of the molecule is Cc1ccc(OCNC(=O)NCC2CCCO2)c(C)c1. The van der Waals surface area contributed by atoms with Crippen molar-refractivity contribution in [2.45, 2.75) is 32.8 Å². The number of hydrogen-bond acceptors (Lipinski definition) is 3. The van der Waals surface area contributed by atoms with Gasteiger partial charge >= 0.3 is 6.03 Å². The van der Waals surface area contributed by atoms with Crippen LogP contribution in [0.3, 0.4) is 0 Å². The van der Waals surface area contributed by atoms with Crippen molar-refractivity contribution in [3.63, 3.8) is 0 Å². The number of urea groups is 1. The molecule has 0 aromatic heterocycles. The summed E-state index contributed by atoms with van der Waals surface area (Å²) in [6.07, 6.45) is 2.24. The number of carbonyl (C=O) groups is 1. The molecule has 5 nitrogen and oxygen atoms in total. The molecule has 1 aromatic carbocycles. The van der Waals surface area contributed by atoms with Crippen LogP contribution in [0.15, 0.2) is 18.2 Å². The second kappa shape index (κ2) is 7.14. The molecule has 1 saturated heterocycles. The highest BCUT2D eigenvalue weighted by molar-refractivity contribution is 5.73. The van der Waals surface area contributed by atoms with Gasteiger partial charge in [0.25, 0.3) is 0 Å². The van der Waals surface area contributed by atoms with Crippen LogP contribution in [0.4, 0.5) is 4.79 Å². The molecule has 2 rings (SSSR count). The summed E-state index contributed by atoms with van der Waals surface area (Å²) >= 11 is 0. The van der Waals surface area contributed by atoms with Gasteiger partial charge in [0.2, 0.25) is 0 Å².